The smallest absolute Gasteiger partial charge is 0.247 e. The lowest BCUT2D eigenvalue weighted by Crippen LogP contribution is -2.56. The molecule has 2 unspecified atom stereocenters. The molecule has 0 bridgehead atoms. The van der Waals surface area contributed by atoms with Crippen molar-refractivity contribution in [2.75, 3.05) is 0 Å². The van der Waals surface area contributed by atoms with Gasteiger partial charge in [0.1, 0.15) is 0 Å². The molecule has 0 aromatic carbocycles. The molecule has 0 aliphatic heterocycles. The van der Waals surface area contributed by atoms with Gasteiger partial charge in [-0.1, -0.05) is 6.42 Å². The van der Waals surface area contributed by atoms with Gasteiger partial charge in [0.15, 0.2) is 0 Å². The van der Waals surface area contributed by atoms with Gasteiger partial charge < -0.3 is 0 Å². The van der Waals surface area contributed by atoms with E-state index >= 15 is 0 Å². The predicted octanol–water partition coefficient (Wildman–Crippen LogP) is 1.86. The summed E-state index contributed by atoms with van der Waals surface area (Å²) >= 11 is 0. The van der Waals surface area contributed by atoms with E-state index in [0.29, 0.717) is 32.1 Å². The van der Waals surface area contributed by atoms with E-state index in [2.05, 4.69) is 15.0 Å². The Hall–Kier alpha value is -3.45. The monoisotopic (exact) mass is 540 g/mol. The lowest BCUT2D eigenvalue weighted by molar-refractivity contribution is 0.245. The Labute approximate surface area is 225 Å². The van der Waals surface area contributed by atoms with E-state index in [1.165, 1.54) is 13.7 Å². The van der Waals surface area contributed by atoms with Crippen LogP contribution in [0.5, 0.6) is 0 Å². The van der Waals surface area contributed by atoms with E-state index in [4.69, 9.17) is 0 Å². The summed E-state index contributed by atoms with van der Waals surface area (Å²) in [6.07, 6.45) is 13.5. The molecule has 3 saturated carbocycles. The second-order valence-electron chi connectivity index (χ2n) is 11.4. The summed E-state index contributed by atoms with van der Waals surface area (Å²) in [5, 5.41) is 0. The maximum atomic E-state index is 13.6. The van der Waals surface area contributed by atoms with Crippen molar-refractivity contribution >= 4 is 18.2 Å². The van der Waals surface area contributed by atoms with Crippen LogP contribution in [0.3, 0.4) is 0 Å². The molecule has 210 valence electrons. The van der Waals surface area contributed by atoms with E-state index < -0.39 is 17.1 Å². The van der Waals surface area contributed by atoms with Gasteiger partial charge in [0.25, 0.3) is 0 Å². The number of hydrogen-bond donors (Lipinski definition) is 0. The summed E-state index contributed by atoms with van der Waals surface area (Å²) in [4.78, 5) is 84.3. The largest absolute Gasteiger partial charge is 0.336 e. The molecule has 1 heterocycles. The minimum absolute atomic E-state index is 0.0149. The lowest BCUT2D eigenvalue weighted by Gasteiger charge is -2.29. The molecule has 0 N–H and O–H groups in total. The van der Waals surface area contributed by atoms with Crippen LogP contribution < -0.4 is 17.1 Å². The zero-order chi connectivity index (χ0) is 27.8. The molecule has 2 atom stereocenters. The summed E-state index contributed by atoms with van der Waals surface area (Å²) < 4.78 is 3.62. The Morgan fingerprint density at radius 3 is 1.31 bits per heavy atom. The molecule has 0 saturated heterocycles. The molecule has 1 aromatic heterocycles. The molecule has 39 heavy (non-hydrogen) atoms. The van der Waals surface area contributed by atoms with E-state index in [1.807, 2.05) is 0 Å². The van der Waals surface area contributed by atoms with Gasteiger partial charge in [0.2, 0.25) is 18.2 Å². The van der Waals surface area contributed by atoms with Gasteiger partial charge in [0.05, 0.1) is 18.1 Å². The maximum absolute atomic E-state index is 13.6. The summed E-state index contributed by atoms with van der Waals surface area (Å²) in [5.74, 6) is 0.106. The van der Waals surface area contributed by atoms with E-state index in [1.54, 1.807) is 18.2 Å². The van der Waals surface area contributed by atoms with Crippen molar-refractivity contribution in [1.29, 1.82) is 0 Å². The summed E-state index contributed by atoms with van der Waals surface area (Å²) in [6.45, 7) is 0.586. The minimum atomic E-state index is -0.598. The third-order valence-corrected chi connectivity index (χ3v) is 8.80. The highest BCUT2D eigenvalue weighted by atomic mass is 16.2. The van der Waals surface area contributed by atoms with E-state index in [0.717, 1.165) is 44.9 Å². The Morgan fingerprint density at radius 2 is 0.897 bits per heavy atom. The summed E-state index contributed by atoms with van der Waals surface area (Å²) in [5.41, 5.74) is -1.78. The van der Waals surface area contributed by atoms with Crippen LogP contribution in [0.2, 0.25) is 0 Å². The molecule has 4 rings (SSSR count). The topological polar surface area (TPSA) is 154 Å². The number of aromatic nitrogens is 3. The zero-order valence-electron chi connectivity index (χ0n) is 22.2. The van der Waals surface area contributed by atoms with Gasteiger partial charge in [-0.2, -0.15) is 0 Å². The van der Waals surface area contributed by atoms with Gasteiger partial charge in [-0.05, 0) is 88.4 Å². The second kappa shape index (κ2) is 13.6. The van der Waals surface area contributed by atoms with E-state index in [-0.39, 0.29) is 55.5 Å². The molecule has 1 aromatic rings. The predicted molar refractivity (Wildman–Crippen MR) is 141 cm³/mol. The first kappa shape index (κ1) is 28.6. The zero-order valence-corrected chi connectivity index (χ0v) is 22.2. The molecule has 12 heteroatoms. The van der Waals surface area contributed by atoms with E-state index in [9.17, 15) is 28.8 Å². The Morgan fingerprint density at radius 1 is 0.513 bits per heavy atom. The van der Waals surface area contributed by atoms with Crippen LogP contribution in [0.1, 0.15) is 77.0 Å². The molecule has 0 spiro atoms. The molecular weight excluding hydrogens is 504 g/mol. The van der Waals surface area contributed by atoms with Crippen LogP contribution >= 0.6 is 0 Å². The third-order valence-electron chi connectivity index (χ3n) is 8.80. The first-order valence-corrected chi connectivity index (χ1v) is 14.1. The lowest BCUT2D eigenvalue weighted by atomic mass is 9.86. The highest BCUT2D eigenvalue weighted by Gasteiger charge is 2.28. The molecule has 3 aliphatic rings. The van der Waals surface area contributed by atoms with Gasteiger partial charge in [-0.3, -0.25) is 0 Å². The second-order valence-corrected chi connectivity index (χ2v) is 11.4. The molecule has 0 amide bonds. The van der Waals surface area contributed by atoms with Gasteiger partial charge >= 0.3 is 17.1 Å². The third kappa shape index (κ3) is 7.15. The summed E-state index contributed by atoms with van der Waals surface area (Å²) in [7, 11) is 0. The van der Waals surface area contributed by atoms with Crippen molar-refractivity contribution in [2.45, 2.75) is 115 Å². The van der Waals surface area contributed by atoms with Gasteiger partial charge in [0, 0.05) is 19.6 Å². The highest BCUT2D eigenvalue weighted by Crippen LogP contribution is 2.29. The fourth-order valence-corrected chi connectivity index (χ4v) is 6.61. The van der Waals surface area contributed by atoms with Crippen molar-refractivity contribution in [3.63, 3.8) is 0 Å². The standard InChI is InChI=1S/C27H36N6O6/c34-16-28-22-8-4-19(5-9-22)13-31-25(37)32(14-20-6-10-23(11-7-20)29-17-35)27(39)33(26(31)38)15-21-2-1-3-24(12-21)30-18-36/h19-24H,1-15H2. The number of hydrogen-bond acceptors (Lipinski definition) is 9. The molecule has 3 aliphatic carbocycles. The van der Waals surface area contributed by atoms with Gasteiger partial charge in [-0.25, -0.2) is 57.4 Å². The average Bonchev–Trinajstić information content (AvgIpc) is 2.94. The van der Waals surface area contributed by atoms with Crippen molar-refractivity contribution in [2.24, 2.45) is 32.7 Å². The Balaban J connectivity index is 1.62. The maximum Gasteiger partial charge on any atom is 0.336 e. The Bertz CT molecular complexity index is 1250. The van der Waals surface area contributed by atoms with Crippen molar-refractivity contribution in [3.8, 4) is 0 Å². The molecule has 0 radical (unpaired) electrons. The van der Waals surface area contributed by atoms with Crippen LogP contribution in [0, 0.1) is 17.8 Å². The fraction of sp³-hybridized carbons (Fsp3) is 0.778. The van der Waals surface area contributed by atoms with Crippen LogP contribution in [-0.4, -0.2) is 50.1 Å². The molecule has 12 nitrogen and oxygen atoms in total. The number of rotatable bonds is 9. The van der Waals surface area contributed by atoms with Crippen LogP contribution in [-0.2, 0) is 34.0 Å². The minimum Gasteiger partial charge on any atom is -0.247 e. The van der Waals surface area contributed by atoms with Crippen LogP contribution in [0.25, 0.3) is 0 Å². The first-order valence-electron chi connectivity index (χ1n) is 14.1. The van der Waals surface area contributed by atoms with Crippen LogP contribution in [0.4, 0.5) is 0 Å². The molecule has 3 fully saturated rings. The number of carbonyl (C=O) groups excluding carboxylic acids is 3. The highest BCUT2D eigenvalue weighted by molar-refractivity contribution is 5.34. The first-order chi connectivity index (χ1) is 18.9. The van der Waals surface area contributed by atoms with Crippen molar-refractivity contribution < 1.29 is 14.4 Å². The SMILES string of the molecule is O=C=NC1CCC(Cn2c(=O)n(CC3CCC(N=C=O)CC3)c(=O)n(CC3CCCC(N=C=O)C3)c2=O)CC1. The Kier molecular flexibility index (Phi) is 9.93. The normalized spacial score (nSPS) is 28.9. The number of aliphatic imine (C=N–C) groups is 3. The average molecular weight is 541 g/mol. The van der Waals surface area contributed by atoms with Crippen molar-refractivity contribution in [1.82, 2.24) is 13.7 Å². The molecular formula is C27H36N6O6. The summed E-state index contributed by atoms with van der Waals surface area (Å²) in [6, 6.07) is -0.320. The van der Waals surface area contributed by atoms with Gasteiger partial charge in [-0.15, -0.1) is 0 Å². The fourth-order valence-electron chi connectivity index (χ4n) is 6.61. The van der Waals surface area contributed by atoms with Crippen molar-refractivity contribution in [3.05, 3.63) is 31.5 Å². The number of isocyanates is 3. The number of nitrogens with zero attached hydrogens (tertiary/aromatic N) is 6. The quantitative estimate of drug-likeness (QED) is 0.344. The van der Waals surface area contributed by atoms with Crippen LogP contribution in [0.15, 0.2) is 29.4 Å².